The second kappa shape index (κ2) is 9.51. The largest absolute Gasteiger partial charge is 0.349 e. The van der Waals surface area contributed by atoms with Crippen LogP contribution in [0.15, 0.2) is 54.6 Å². The number of carbonyl (C=O) groups excluding carboxylic acids is 2. The van der Waals surface area contributed by atoms with Gasteiger partial charge in [0, 0.05) is 50.7 Å². The van der Waals surface area contributed by atoms with E-state index in [2.05, 4.69) is 41.4 Å². The van der Waals surface area contributed by atoms with E-state index in [0.29, 0.717) is 12.0 Å². The van der Waals surface area contributed by atoms with Crippen LogP contribution in [0.2, 0.25) is 0 Å². The van der Waals surface area contributed by atoms with Gasteiger partial charge in [-0.3, -0.25) is 14.5 Å². The van der Waals surface area contributed by atoms with Gasteiger partial charge in [0.1, 0.15) is 0 Å². The highest BCUT2D eigenvalue weighted by molar-refractivity contribution is 5.94. The average molecular weight is 380 g/mol. The summed E-state index contributed by atoms with van der Waals surface area (Å²) in [7, 11) is 0. The molecule has 2 aromatic carbocycles. The van der Waals surface area contributed by atoms with Crippen LogP contribution in [-0.4, -0.2) is 53.8 Å². The van der Waals surface area contributed by atoms with E-state index in [9.17, 15) is 9.59 Å². The molecule has 5 nitrogen and oxygen atoms in total. The van der Waals surface area contributed by atoms with Crippen molar-refractivity contribution in [1.29, 1.82) is 0 Å². The topological polar surface area (TPSA) is 52.6 Å². The van der Waals surface area contributed by atoms with Gasteiger partial charge in [0.15, 0.2) is 0 Å². The van der Waals surface area contributed by atoms with Gasteiger partial charge in [0.2, 0.25) is 5.91 Å². The minimum absolute atomic E-state index is 0.108. The lowest BCUT2D eigenvalue weighted by molar-refractivity contribution is -0.133. The van der Waals surface area contributed by atoms with Crippen molar-refractivity contribution in [2.75, 3.05) is 26.2 Å². The number of piperazine rings is 1. The highest BCUT2D eigenvalue weighted by atomic mass is 16.2. The maximum Gasteiger partial charge on any atom is 0.251 e. The van der Waals surface area contributed by atoms with Crippen molar-refractivity contribution in [2.24, 2.45) is 0 Å². The molecule has 28 heavy (non-hydrogen) atoms. The zero-order valence-corrected chi connectivity index (χ0v) is 16.7. The summed E-state index contributed by atoms with van der Waals surface area (Å²) in [5, 5.41) is 2.92. The highest BCUT2D eigenvalue weighted by Gasteiger charge is 2.23. The Morgan fingerprint density at radius 3 is 2.29 bits per heavy atom. The first-order chi connectivity index (χ1) is 13.5. The fourth-order valence-corrected chi connectivity index (χ4v) is 3.52. The third-order valence-corrected chi connectivity index (χ3v) is 5.27. The number of nitrogens with one attached hydrogen (secondary N) is 1. The number of aryl methyl sites for hydroxylation is 1. The lowest BCUT2D eigenvalue weighted by Gasteiger charge is -2.35. The lowest BCUT2D eigenvalue weighted by atomic mass is 10.1. The molecule has 1 fully saturated rings. The average Bonchev–Trinajstić information content (AvgIpc) is 2.71. The van der Waals surface area contributed by atoms with Gasteiger partial charge in [0.05, 0.1) is 0 Å². The summed E-state index contributed by atoms with van der Waals surface area (Å²) in [6.07, 6.45) is 0.330. The molecule has 0 radical (unpaired) electrons. The van der Waals surface area contributed by atoms with Crippen molar-refractivity contribution in [3.8, 4) is 0 Å². The van der Waals surface area contributed by atoms with Crippen molar-refractivity contribution >= 4 is 11.8 Å². The fourth-order valence-electron chi connectivity index (χ4n) is 3.52. The van der Waals surface area contributed by atoms with E-state index in [1.54, 1.807) is 12.1 Å². The number of rotatable bonds is 6. The molecule has 1 aliphatic rings. The maximum atomic E-state index is 12.6. The van der Waals surface area contributed by atoms with E-state index >= 15 is 0 Å². The number of benzene rings is 2. The Morgan fingerprint density at radius 2 is 1.61 bits per heavy atom. The molecule has 1 N–H and O–H groups in total. The monoisotopic (exact) mass is 379 g/mol. The summed E-state index contributed by atoms with van der Waals surface area (Å²) >= 11 is 0. The van der Waals surface area contributed by atoms with Gasteiger partial charge in [-0.1, -0.05) is 42.5 Å². The van der Waals surface area contributed by atoms with Crippen LogP contribution >= 0.6 is 0 Å². The Hall–Kier alpha value is -2.66. The number of carbonyl (C=O) groups is 2. The van der Waals surface area contributed by atoms with Crippen molar-refractivity contribution < 1.29 is 9.59 Å². The Kier molecular flexibility index (Phi) is 6.82. The van der Waals surface area contributed by atoms with Crippen molar-refractivity contribution in [1.82, 2.24) is 15.1 Å². The van der Waals surface area contributed by atoms with Crippen LogP contribution in [0.4, 0.5) is 0 Å². The highest BCUT2D eigenvalue weighted by Crippen LogP contribution is 2.13. The molecule has 0 saturated carbocycles. The smallest absolute Gasteiger partial charge is 0.251 e. The van der Waals surface area contributed by atoms with Gasteiger partial charge >= 0.3 is 0 Å². The zero-order valence-electron chi connectivity index (χ0n) is 16.7. The second-order valence-corrected chi connectivity index (χ2v) is 7.53. The van der Waals surface area contributed by atoms with E-state index in [-0.39, 0.29) is 17.9 Å². The number of amides is 2. The summed E-state index contributed by atoms with van der Waals surface area (Å²) in [5.41, 5.74) is 3.27. The fraction of sp³-hybridized carbons (Fsp3) is 0.391. The summed E-state index contributed by atoms with van der Waals surface area (Å²) < 4.78 is 0. The molecule has 1 saturated heterocycles. The van der Waals surface area contributed by atoms with Crippen LogP contribution in [0.1, 0.15) is 34.8 Å². The molecule has 0 spiro atoms. The van der Waals surface area contributed by atoms with E-state index < -0.39 is 0 Å². The number of hydrogen-bond donors (Lipinski definition) is 1. The van der Waals surface area contributed by atoms with Gasteiger partial charge in [-0.2, -0.15) is 0 Å². The van der Waals surface area contributed by atoms with Crippen molar-refractivity contribution in [3.05, 3.63) is 71.3 Å². The van der Waals surface area contributed by atoms with Crippen LogP contribution < -0.4 is 5.32 Å². The predicted molar refractivity (Wildman–Crippen MR) is 111 cm³/mol. The van der Waals surface area contributed by atoms with Crippen LogP contribution in [0, 0.1) is 6.92 Å². The summed E-state index contributed by atoms with van der Waals surface area (Å²) in [4.78, 5) is 29.1. The molecule has 1 aliphatic heterocycles. The van der Waals surface area contributed by atoms with E-state index in [4.69, 9.17) is 0 Å². The normalized spacial score (nSPS) is 15.9. The van der Waals surface area contributed by atoms with E-state index in [0.717, 1.165) is 32.7 Å². The molecule has 0 aliphatic carbocycles. The molecule has 0 bridgehead atoms. The molecule has 1 heterocycles. The lowest BCUT2D eigenvalue weighted by Crippen LogP contribution is -2.49. The molecule has 2 aromatic rings. The van der Waals surface area contributed by atoms with E-state index in [1.807, 2.05) is 30.0 Å². The molecule has 0 aromatic heterocycles. The third-order valence-electron chi connectivity index (χ3n) is 5.27. The van der Waals surface area contributed by atoms with E-state index in [1.165, 1.54) is 11.1 Å². The molecule has 1 unspecified atom stereocenters. The SMILES string of the molecule is Cc1ccccc1CN1CCN(C(=O)CC(C)NC(=O)c2ccccc2)CC1. The molecule has 1 atom stereocenters. The van der Waals surface area contributed by atoms with Gasteiger partial charge in [-0.25, -0.2) is 0 Å². The van der Waals surface area contributed by atoms with Crippen molar-refractivity contribution in [3.63, 3.8) is 0 Å². The maximum absolute atomic E-state index is 12.6. The van der Waals surface area contributed by atoms with Crippen molar-refractivity contribution in [2.45, 2.75) is 32.9 Å². The molecule has 2 amide bonds. The predicted octanol–water partition coefficient (Wildman–Crippen LogP) is 2.85. The summed E-state index contributed by atoms with van der Waals surface area (Å²) in [6.45, 7) is 8.19. The molecule has 5 heteroatoms. The molecular formula is C23H29N3O2. The Bertz CT molecular complexity index is 799. The quantitative estimate of drug-likeness (QED) is 0.840. The summed E-state index contributed by atoms with van der Waals surface area (Å²) in [6, 6.07) is 17.4. The Morgan fingerprint density at radius 1 is 0.964 bits per heavy atom. The number of hydrogen-bond acceptors (Lipinski definition) is 3. The zero-order chi connectivity index (χ0) is 19.9. The standard InChI is InChI=1S/C23H29N3O2/c1-18-8-6-7-11-21(18)17-25-12-14-26(15-13-25)22(27)16-19(2)24-23(28)20-9-4-3-5-10-20/h3-11,19H,12-17H2,1-2H3,(H,24,28). The Balaban J connectivity index is 1.43. The van der Waals surface area contributed by atoms with Gasteiger partial charge < -0.3 is 10.2 Å². The first kappa shape index (κ1) is 20.1. The molecule has 148 valence electrons. The van der Waals surface area contributed by atoms with Crippen LogP contribution in [0.25, 0.3) is 0 Å². The minimum Gasteiger partial charge on any atom is -0.349 e. The summed E-state index contributed by atoms with van der Waals surface area (Å²) in [5.74, 6) is -0.0275. The minimum atomic E-state index is -0.190. The van der Waals surface area contributed by atoms with Crippen LogP contribution in [0.3, 0.4) is 0 Å². The Labute approximate surface area is 167 Å². The molecule has 3 rings (SSSR count). The first-order valence-electron chi connectivity index (χ1n) is 9.93. The van der Waals surface area contributed by atoms with Gasteiger partial charge in [0.25, 0.3) is 5.91 Å². The first-order valence-corrected chi connectivity index (χ1v) is 9.93. The number of nitrogens with zero attached hydrogens (tertiary/aromatic N) is 2. The third kappa shape index (κ3) is 5.42. The van der Waals surface area contributed by atoms with Gasteiger partial charge in [-0.15, -0.1) is 0 Å². The van der Waals surface area contributed by atoms with Crippen LogP contribution in [-0.2, 0) is 11.3 Å². The molecular weight excluding hydrogens is 350 g/mol. The van der Waals surface area contributed by atoms with Gasteiger partial charge in [-0.05, 0) is 37.1 Å². The van der Waals surface area contributed by atoms with Crippen LogP contribution in [0.5, 0.6) is 0 Å². The second-order valence-electron chi connectivity index (χ2n) is 7.53.